The molecule has 0 bridgehead atoms. The molecule has 186 valence electrons. The van der Waals surface area contributed by atoms with Crippen LogP contribution in [0.15, 0.2) is 47.3 Å². The molecule has 0 unspecified atom stereocenters. The van der Waals surface area contributed by atoms with E-state index >= 15 is 0 Å². The molecule has 1 amide bonds. The fraction of sp³-hybridized carbons (Fsp3) is 0.320. The maximum atomic E-state index is 12.9. The predicted molar refractivity (Wildman–Crippen MR) is 137 cm³/mol. The molecule has 0 spiro atoms. The lowest BCUT2D eigenvalue weighted by atomic mass is 9.83. The highest BCUT2D eigenvalue weighted by atomic mass is 35.5. The Hall–Kier alpha value is -3.72. The monoisotopic (exact) mass is 499 g/mol. The molecule has 0 saturated heterocycles. The Morgan fingerprint density at radius 2 is 1.83 bits per heavy atom. The summed E-state index contributed by atoms with van der Waals surface area (Å²) in [5, 5.41) is 10.1. The van der Waals surface area contributed by atoms with Crippen molar-refractivity contribution in [2.24, 2.45) is 12.8 Å². The maximum absolute atomic E-state index is 12.9. The number of carbonyl (C=O) groups excluding carboxylic acids is 2. The Balaban J connectivity index is 0.00000432. The van der Waals surface area contributed by atoms with E-state index < -0.39 is 11.4 Å². The molecule has 3 aromatic rings. The Morgan fingerprint density at radius 3 is 2.43 bits per heavy atom. The van der Waals surface area contributed by atoms with Gasteiger partial charge < -0.3 is 20.4 Å². The van der Waals surface area contributed by atoms with Crippen LogP contribution < -0.4 is 16.6 Å². The first kappa shape index (κ1) is 27.5. The zero-order chi connectivity index (χ0) is 25.0. The number of esters is 1. The predicted octanol–water partition coefficient (Wildman–Crippen LogP) is 2.19. The van der Waals surface area contributed by atoms with Crippen LogP contribution in [-0.2, 0) is 33.2 Å². The number of carbonyl (C=O) groups is 2. The second kappa shape index (κ2) is 11.1. The summed E-state index contributed by atoms with van der Waals surface area (Å²) in [6.45, 7) is 5.26. The van der Waals surface area contributed by atoms with E-state index in [1.165, 1.54) is 0 Å². The first-order chi connectivity index (χ1) is 16.0. The molecule has 0 atom stereocenters. The summed E-state index contributed by atoms with van der Waals surface area (Å²) in [5.41, 5.74) is 8.12. The number of nitrogen functional groups attached to an aromatic ring is 1. The normalized spacial score (nSPS) is 11.0. The van der Waals surface area contributed by atoms with Crippen molar-refractivity contribution in [2.45, 2.75) is 32.6 Å². The summed E-state index contributed by atoms with van der Waals surface area (Å²) >= 11 is 0. The van der Waals surface area contributed by atoms with Gasteiger partial charge in [-0.2, -0.15) is 0 Å². The van der Waals surface area contributed by atoms with Crippen molar-refractivity contribution in [3.8, 4) is 0 Å². The van der Waals surface area contributed by atoms with Gasteiger partial charge in [-0.1, -0.05) is 30.3 Å². The van der Waals surface area contributed by atoms with Gasteiger partial charge in [0.15, 0.2) is 0 Å². The van der Waals surface area contributed by atoms with E-state index in [9.17, 15) is 14.4 Å². The minimum atomic E-state index is -0.945. The fourth-order valence-electron chi connectivity index (χ4n) is 3.61. The van der Waals surface area contributed by atoms with Gasteiger partial charge in [-0.05, 0) is 44.0 Å². The molecule has 4 N–H and O–H groups in total. The van der Waals surface area contributed by atoms with Crippen molar-refractivity contribution in [3.63, 3.8) is 0 Å². The molecule has 0 aliphatic carbocycles. The molecule has 1 heterocycles. The van der Waals surface area contributed by atoms with E-state index in [1.54, 1.807) is 62.7 Å². The molecule has 1 aromatic heterocycles. The maximum Gasteiger partial charge on any atom is 0.325 e. The van der Waals surface area contributed by atoms with Gasteiger partial charge in [-0.15, -0.1) is 12.4 Å². The second-order valence-electron chi connectivity index (χ2n) is 8.53. The van der Waals surface area contributed by atoms with Gasteiger partial charge >= 0.3 is 5.97 Å². The molecular formula is C25H30ClN5O4. The van der Waals surface area contributed by atoms with Crippen LogP contribution in [0.1, 0.15) is 43.2 Å². The van der Waals surface area contributed by atoms with Crippen LogP contribution in [0.2, 0.25) is 0 Å². The van der Waals surface area contributed by atoms with E-state index in [0.717, 1.165) is 5.56 Å². The number of benzene rings is 2. The zero-order valence-corrected chi connectivity index (χ0v) is 21.0. The van der Waals surface area contributed by atoms with Gasteiger partial charge in [0, 0.05) is 19.0 Å². The number of nitrogens with two attached hydrogens (primary N) is 1. The SMILES string of the molecule is CCOC(=O)CNC(=O)C(C)(C)c1ccc2c(c1)nc(Cc1ccc(C(=N)N)cc1)c(=O)n2C.Cl. The number of hydrogen-bond donors (Lipinski definition) is 3. The van der Waals surface area contributed by atoms with E-state index in [2.05, 4.69) is 10.3 Å². The third-order valence-electron chi connectivity index (χ3n) is 5.77. The number of aromatic nitrogens is 2. The smallest absolute Gasteiger partial charge is 0.325 e. The first-order valence-electron chi connectivity index (χ1n) is 10.9. The van der Waals surface area contributed by atoms with Crippen LogP contribution in [0.5, 0.6) is 0 Å². The third-order valence-corrected chi connectivity index (χ3v) is 5.77. The molecule has 0 aliphatic heterocycles. The van der Waals surface area contributed by atoms with E-state index in [0.29, 0.717) is 34.3 Å². The van der Waals surface area contributed by atoms with Crippen LogP contribution in [0.4, 0.5) is 0 Å². The number of nitrogens with zero attached hydrogens (tertiary/aromatic N) is 2. The van der Waals surface area contributed by atoms with Gasteiger partial charge in [0.2, 0.25) is 5.91 Å². The number of nitrogens with one attached hydrogen (secondary N) is 2. The summed E-state index contributed by atoms with van der Waals surface area (Å²) < 4.78 is 6.40. The first-order valence-corrected chi connectivity index (χ1v) is 10.9. The van der Waals surface area contributed by atoms with Gasteiger partial charge in [0.05, 0.1) is 23.1 Å². The summed E-state index contributed by atoms with van der Waals surface area (Å²) in [5.74, 6) is -0.842. The fourth-order valence-corrected chi connectivity index (χ4v) is 3.61. The highest BCUT2D eigenvalue weighted by molar-refractivity contribution is 5.95. The van der Waals surface area contributed by atoms with Crippen LogP contribution >= 0.6 is 12.4 Å². The molecule has 2 aromatic carbocycles. The number of aryl methyl sites for hydroxylation is 1. The van der Waals surface area contributed by atoms with Crippen molar-refractivity contribution in [2.75, 3.05) is 13.2 Å². The number of fused-ring (bicyclic) bond motifs is 1. The number of hydrogen-bond acceptors (Lipinski definition) is 6. The van der Waals surface area contributed by atoms with Crippen molar-refractivity contribution in [3.05, 3.63) is 75.2 Å². The molecule has 3 rings (SSSR count). The molecule has 0 aliphatic rings. The van der Waals surface area contributed by atoms with Gasteiger partial charge in [-0.3, -0.25) is 19.8 Å². The van der Waals surface area contributed by atoms with Gasteiger partial charge in [0.1, 0.15) is 18.1 Å². The van der Waals surface area contributed by atoms with Crippen molar-refractivity contribution < 1.29 is 14.3 Å². The summed E-state index contributed by atoms with van der Waals surface area (Å²) in [6.07, 6.45) is 0.314. The van der Waals surface area contributed by atoms with Crippen molar-refractivity contribution in [1.82, 2.24) is 14.9 Å². The Bertz CT molecular complexity index is 1320. The van der Waals surface area contributed by atoms with E-state index in [4.69, 9.17) is 15.9 Å². The van der Waals surface area contributed by atoms with Gasteiger partial charge in [0.25, 0.3) is 5.56 Å². The number of halogens is 1. The quantitative estimate of drug-likeness (QED) is 0.246. The molecule has 0 fully saturated rings. The largest absolute Gasteiger partial charge is 0.465 e. The molecule has 9 nitrogen and oxygen atoms in total. The standard InChI is InChI=1S/C25H29N5O4.ClH/c1-5-34-21(31)14-28-24(33)25(2,3)17-10-11-20-18(13-17)29-19(23(32)30(20)4)12-15-6-8-16(9-7-15)22(26)27;/h6-11,13H,5,12,14H2,1-4H3,(H3,26,27)(H,28,33);1H. The molecular weight excluding hydrogens is 470 g/mol. The number of amidine groups is 1. The molecule has 10 heteroatoms. The number of rotatable bonds is 8. The highest BCUT2D eigenvalue weighted by Crippen LogP contribution is 2.26. The third kappa shape index (κ3) is 6.05. The van der Waals surface area contributed by atoms with Crippen molar-refractivity contribution in [1.29, 1.82) is 5.41 Å². The number of amides is 1. The summed E-state index contributed by atoms with van der Waals surface area (Å²) in [7, 11) is 1.69. The Kier molecular flexibility index (Phi) is 8.76. The van der Waals surface area contributed by atoms with Gasteiger partial charge in [-0.25, -0.2) is 4.98 Å². The minimum Gasteiger partial charge on any atom is -0.465 e. The lowest BCUT2D eigenvalue weighted by molar-refractivity contribution is -0.143. The average Bonchev–Trinajstić information content (AvgIpc) is 2.81. The van der Waals surface area contributed by atoms with E-state index in [-0.39, 0.29) is 42.9 Å². The minimum absolute atomic E-state index is 0. The lowest BCUT2D eigenvalue weighted by Crippen LogP contribution is -2.42. The number of ether oxygens (including phenoxy) is 1. The van der Waals surface area contributed by atoms with Crippen LogP contribution in [0, 0.1) is 5.41 Å². The summed E-state index contributed by atoms with van der Waals surface area (Å²) in [4.78, 5) is 41.9. The second-order valence-corrected chi connectivity index (χ2v) is 8.53. The van der Waals surface area contributed by atoms with Crippen LogP contribution in [-0.4, -0.2) is 40.4 Å². The highest BCUT2D eigenvalue weighted by Gasteiger charge is 2.30. The van der Waals surface area contributed by atoms with Crippen LogP contribution in [0.25, 0.3) is 11.0 Å². The topological polar surface area (TPSA) is 140 Å². The zero-order valence-electron chi connectivity index (χ0n) is 20.2. The molecule has 0 saturated carbocycles. The summed E-state index contributed by atoms with van der Waals surface area (Å²) in [6, 6.07) is 12.4. The molecule has 0 radical (unpaired) electrons. The van der Waals surface area contributed by atoms with Crippen molar-refractivity contribution >= 4 is 41.2 Å². The average molecular weight is 500 g/mol. The van der Waals surface area contributed by atoms with Crippen LogP contribution in [0.3, 0.4) is 0 Å². The molecule has 35 heavy (non-hydrogen) atoms. The van der Waals surface area contributed by atoms with E-state index in [1.807, 2.05) is 12.1 Å². The lowest BCUT2D eigenvalue weighted by Gasteiger charge is -2.24. The Labute approximate surface area is 209 Å². The Morgan fingerprint density at radius 1 is 1.17 bits per heavy atom.